The molecule has 0 aromatic rings. The van der Waals surface area contributed by atoms with Crippen molar-refractivity contribution in [2.75, 3.05) is 6.61 Å². The van der Waals surface area contributed by atoms with E-state index in [1.165, 1.54) is 56.9 Å². The van der Waals surface area contributed by atoms with Crippen molar-refractivity contribution in [3.8, 4) is 0 Å². The Labute approximate surface area is 137 Å². The lowest BCUT2D eigenvalue weighted by atomic mass is 10.0. The van der Waals surface area contributed by atoms with E-state index in [0.717, 1.165) is 12.8 Å². The van der Waals surface area contributed by atoms with Gasteiger partial charge in [-0.3, -0.25) is 0 Å². The number of nitrogens with two attached hydrogens (primary N) is 1. The monoisotopic (exact) mass is 311 g/mol. The van der Waals surface area contributed by atoms with Gasteiger partial charge in [-0.15, -0.1) is 0 Å². The SMILES string of the molecule is CCCCCCCCC/C(C)=C/CC/C=C/[C@@H](O)[C@@H](N)CO. The van der Waals surface area contributed by atoms with Crippen LogP contribution in [0.15, 0.2) is 23.8 Å². The molecular formula is C19H37NO2. The van der Waals surface area contributed by atoms with Crippen LogP contribution >= 0.6 is 0 Å². The average Bonchev–Trinajstić information content (AvgIpc) is 2.52. The summed E-state index contributed by atoms with van der Waals surface area (Å²) in [5, 5.41) is 18.4. The highest BCUT2D eigenvalue weighted by molar-refractivity contribution is 5.00. The van der Waals surface area contributed by atoms with E-state index in [2.05, 4.69) is 19.9 Å². The molecule has 0 rings (SSSR count). The van der Waals surface area contributed by atoms with E-state index in [1.807, 2.05) is 6.08 Å². The third kappa shape index (κ3) is 13.1. The fourth-order valence-electron chi connectivity index (χ4n) is 2.38. The Morgan fingerprint density at radius 2 is 1.68 bits per heavy atom. The standard InChI is InChI=1S/C19H37NO2/c1-3-4-5-6-7-8-10-13-17(2)14-11-9-12-15-19(22)18(20)16-21/h12,14-15,18-19,21-22H,3-11,13,16,20H2,1-2H3/b15-12+,17-14+/t18-,19+/m0/s1. The van der Waals surface area contributed by atoms with Gasteiger partial charge < -0.3 is 15.9 Å². The largest absolute Gasteiger partial charge is 0.395 e. The van der Waals surface area contributed by atoms with E-state index >= 15 is 0 Å². The van der Waals surface area contributed by atoms with Crippen molar-refractivity contribution in [2.24, 2.45) is 5.73 Å². The van der Waals surface area contributed by atoms with Crippen molar-refractivity contribution in [3.63, 3.8) is 0 Å². The summed E-state index contributed by atoms with van der Waals surface area (Å²) in [6.45, 7) is 4.27. The second-order valence-corrected chi connectivity index (χ2v) is 6.26. The molecule has 0 amide bonds. The first-order chi connectivity index (χ1) is 10.6. The molecule has 4 N–H and O–H groups in total. The second-order valence-electron chi connectivity index (χ2n) is 6.26. The number of hydrogen-bond donors (Lipinski definition) is 3. The summed E-state index contributed by atoms with van der Waals surface area (Å²) in [5.74, 6) is 0. The maximum absolute atomic E-state index is 9.56. The fourth-order valence-corrected chi connectivity index (χ4v) is 2.38. The maximum Gasteiger partial charge on any atom is 0.0894 e. The van der Waals surface area contributed by atoms with Gasteiger partial charge in [0.05, 0.1) is 18.8 Å². The molecule has 0 radical (unpaired) electrons. The summed E-state index contributed by atoms with van der Waals surface area (Å²) in [6.07, 6.45) is 17.8. The molecule has 0 saturated carbocycles. The molecule has 3 heteroatoms. The Balaban J connectivity index is 3.58. The second kappa shape index (κ2) is 15.3. The Bertz CT molecular complexity index is 300. The summed E-state index contributed by atoms with van der Waals surface area (Å²) in [6, 6.07) is -0.578. The van der Waals surface area contributed by atoms with Crippen LogP contribution in [0.4, 0.5) is 0 Å². The predicted molar refractivity (Wildman–Crippen MR) is 95.8 cm³/mol. The molecule has 22 heavy (non-hydrogen) atoms. The first-order valence-corrected chi connectivity index (χ1v) is 8.98. The molecule has 0 saturated heterocycles. The summed E-state index contributed by atoms with van der Waals surface area (Å²) < 4.78 is 0. The first-order valence-electron chi connectivity index (χ1n) is 8.98. The molecule has 130 valence electrons. The van der Waals surface area contributed by atoms with Crippen LogP contribution in [0, 0.1) is 0 Å². The van der Waals surface area contributed by atoms with Crippen molar-refractivity contribution in [1.82, 2.24) is 0 Å². The van der Waals surface area contributed by atoms with Gasteiger partial charge in [-0.25, -0.2) is 0 Å². The predicted octanol–water partition coefficient (Wildman–Crippen LogP) is 4.09. The minimum Gasteiger partial charge on any atom is -0.395 e. The van der Waals surface area contributed by atoms with Crippen molar-refractivity contribution >= 4 is 0 Å². The molecule has 0 aromatic heterocycles. The van der Waals surface area contributed by atoms with E-state index in [9.17, 15) is 5.11 Å². The van der Waals surface area contributed by atoms with Crippen LogP contribution < -0.4 is 5.73 Å². The first kappa shape index (κ1) is 21.4. The Morgan fingerprint density at radius 3 is 2.32 bits per heavy atom. The van der Waals surface area contributed by atoms with Gasteiger partial charge in [-0.2, -0.15) is 0 Å². The third-order valence-electron chi connectivity index (χ3n) is 3.98. The van der Waals surface area contributed by atoms with Crippen molar-refractivity contribution in [2.45, 2.75) is 90.2 Å². The number of aliphatic hydroxyl groups excluding tert-OH is 2. The van der Waals surface area contributed by atoms with Gasteiger partial charge in [-0.1, -0.05) is 69.2 Å². The van der Waals surface area contributed by atoms with Gasteiger partial charge in [0, 0.05) is 0 Å². The van der Waals surface area contributed by atoms with Crippen molar-refractivity contribution in [3.05, 3.63) is 23.8 Å². The Hall–Kier alpha value is -0.640. The van der Waals surface area contributed by atoms with Crippen LogP contribution in [0.5, 0.6) is 0 Å². The number of unbranched alkanes of at least 4 members (excludes halogenated alkanes) is 7. The zero-order chi connectivity index (χ0) is 16.6. The van der Waals surface area contributed by atoms with Crippen molar-refractivity contribution in [1.29, 1.82) is 0 Å². The lowest BCUT2D eigenvalue weighted by molar-refractivity contribution is 0.144. The number of hydrogen-bond acceptors (Lipinski definition) is 3. The zero-order valence-corrected chi connectivity index (χ0v) is 14.6. The van der Waals surface area contributed by atoms with Crippen LogP contribution in [0.1, 0.15) is 78.1 Å². The van der Waals surface area contributed by atoms with E-state index in [1.54, 1.807) is 6.08 Å². The van der Waals surface area contributed by atoms with E-state index in [0.29, 0.717) is 0 Å². The highest BCUT2D eigenvalue weighted by Gasteiger charge is 2.08. The number of aliphatic hydroxyl groups is 2. The normalized spacial score (nSPS) is 15.4. The molecule has 0 fully saturated rings. The van der Waals surface area contributed by atoms with Gasteiger partial charge in [-0.05, 0) is 32.6 Å². The van der Waals surface area contributed by atoms with Crippen molar-refractivity contribution < 1.29 is 10.2 Å². The smallest absolute Gasteiger partial charge is 0.0894 e. The molecule has 2 atom stereocenters. The Kier molecular flexibility index (Phi) is 14.8. The van der Waals surface area contributed by atoms with Crippen LogP contribution in [-0.4, -0.2) is 29.0 Å². The molecule has 0 spiro atoms. The lowest BCUT2D eigenvalue weighted by Gasteiger charge is -2.11. The number of rotatable bonds is 14. The van der Waals surface area contributed by atoms with Gasteiger partial charge in [0.1, 0.15) is 0 Å². The zero-order valence-electron chi connectivity index (χ0n) is 14.6. The fraction of sp³-hybridized carbons (Fsp3) is 0.789. The molecule has 0 unspecified atom stereocenters. The summed E-state index contributed by atoms with van der Waals surface area (Å²) >= 11 is 0. The lowest BCUT2D eigenvalue weighted by Crippen LogP contribution is -2.36. The quantitative estimate of drug-likeness (QED) is 0.334. The molecule has 0 aliphatic carbocycles. The highest BCUT2D eigenvalue weighted by atomic mass is 16.3. The van der Waals surface area contributed by atoms with Gasteiger partial charge >= 0.3 is 0 Å². The van der Waals surface area contributed by atoms with Gasteiger partial charge in [0.2, 0.25) is 0 Å². The average molecular weight is 312 g/mol. The summed E-state index contributed by atoms with van der Waals surface area (Å²) in [4.78, 5) is 0. The van der Waals surface area contributed by atoms with E-state index < -0.39 is 12.1 Å². The third-order valence-corrected chi connectivity index (χ3v) is 3.98. The molecule has 0 heterocycles. The minimum absolute atomic E-state index is 0.192. The van der Waals surface area contributed by atoms with E-state index in [4.69, 9.17) is 10.8 Å². The van der Waals surface area contributed by atoms with Crippen LogP contribution in [0.2, 0.25) is 0 Å². The molecular weight excluding hydrogens is 274 g/mol. The Morgan fingerprint density at radius 1 is 1.05 bits per heavy atom. The summed E-state index contributed by atoms with van der Waals surface area (Å²) in [5.41, 5.74) is 6.99. The topological polar surface area (TPSA) is 66.5 Å². The minimum atomic E-state index is -0.747. The van der Waals surface area contributed by atoms with Gasteiger partial charge in [0.25, 0.3) is 0 Å². The highest BCUT2D eigenvalue weighted by Crippen LogP contribution is 2.13. The summed E-state index contributed by atoms with van der Waals surface area (Å²) in [7, 11) is 0. The maximum atomic E-state index is 9.56. The number of allylic oxidation sites excluding steroid dienone is 3. The van der Waals surface area contributed by atoms with Crippen LogP contribution in [0.25, 0.3) is 0 Å². The van der Waals surface area contributed by atoms with Gasteiger partial charge in [0.15, 0.2) is 0 Å². The van der Waals surface area contributed by atoms with E-state index in [-0.39, 0.29) is 6.61 Å². The molecule has 0 bridgehead atoms. The molecule has 0 aromatic carbocycles. The molecule has 0 aliphatic rings. The molecule has 0 aliphatic heterocycles. The van der Waals surface area contributed by atoms with Crippen LogP contribution in [0.3, 0.4) is 0 Å². The molecule has 3 nitrogen and oxygen atoms in total. The van der Waals surface area contributed by atoms with Crippen LogP contribution in [-0.2, 0) is 0 Å².